The maximum absolute atomic E-state index is 12.7. The van der Waals surface area contributed by atoms with Gasteiger partial charge in [0, 0.05) is 18.3 Å². The molecule has 0 saturated heterocycles. The Kier molecular flexibility index (Phi) is 4.70. The zero-order valence-electron chi connectivity index (χ0n) is 15.1. The predicted octanol–water partition coefficient (Wildman–Crippen LogP) is 3.82. The van der Waals surface area contributed by atoms with Crippen LogP contribution < -0.4 is 15.0 Å². The largest absolute Gasteiger partial charge is 0.492 e. The van der Waals surface area contributed by atoms with E-state index >= 15 is 0 Å². The van der Waals surface area contributed by atoms with Crippen LogP contribution in [0.5, 0.6) is 5.75 Å². The molecule has 136 valence electrons. The normalized spacial score (nSPS) is 12.6. The molecule has 2 heterocycles. The molecular formula is C21H20N4O2. The van der Waals surface area contributed by atoms with Crippen LogP contribution in [0.25, 0.3) is 0 Å². The molecule has 1 aromatic heterocycles. The van der Waals surface area contributed by atoms with Gasteiger partial charge in [-0.3, -0.25) is 4.79 Å². The monoisotopic (exact) mass is 360 g/mol. The van der Waals surface area contributed by atoms with Crippen LogP contribution >= 0.6 is 0 Å². The first-order valence-electron chi connectivity index (χ1n) is 8.97. The van der Waals surface area contributed by atoms with Crippen molar-refractivity contribution in [3.8, 4) is 5.75 Å². The smallest absolute Gasteiger partial charge is 0.274 e. The first-order valence-corrected chi connectivity index (χ1v) is 8.97. The lowest BCUT2D eigenvalue weighted by atomic mass is 10.2. The molecule has 1 amide bonds. The number of hydrogen-bond acceptors (Lipinski definition) is 5. The molecule has 0 radical (unpaired) electrons. The molecule has 0 fully saturated rings. The number of carbonyl (C=O) groups excluding carboxylic acids is 1. The van der Waals surface area contributed by atoms with Crippen LogP contribution in [0.1, 0.15) is 23.0 Å². The highest BCUT2D eigenvalue weighted by Gasteiger charge is 2.22. The van der Waals surface area contributed by atoms with Crippen molar-refractivity contribution < 1.29 is 9.53 Å². The number of ether oxygens (including phenoxy) is 1. The van der Waals surface area contributed by atoms with E-state index < -0.39 is 0 Å². The Hall–Kier alpha value is -3.41. The zero-order chi connectivity index (χ0) is 18.6. The number of carbonyl (C=O) groups is 1. The first-order chi connectivity index (χ1) is 13.3. The molecule has 0 bridgehead atoms. The molecule has 6 nitrogen and oxygen atoms in total. The molecule has 4 rings (SSSR count). The summed E-state index contributed by atoms with van der Waals surface area (Å²) in [7, 11) is 0. The predicted molar refractivity (Wildman–Crippen MR) is 105 cm³/mol. The molecule has 3 aromatic rings. The lowest BCUT2D eigenvalue weighted by Crippen LogP contribution is -2.18. The van der Waals surface area contributed by atoms with Crippen LogP contribution in [0.3, 0.4) is 0 Å². The number of amides is 1. The summed E-state index contributed by atoms with van der Waals surface area (Å²) in [4.78, 5) is 23.3. The van der Waals surface area contributed by atoms with Gasteiger partial charge in [0.1, 0.15) is 23.6 Å². The molecule has 0 spiro atoms. The van der Waals surface area contributed by atoms with E-state index in [9.17, 15) is 4.79 Å². The number of nitrogens with one attached hydrogen (secondary N) is 1. The van der Waals surface area contributed by atoms with Crippen LogP contribution in [0.2, 0.25) is 0 Å². The molecule has 1 N–H and O–H groups in total. The average Bonchev–Trinajstić information content (AvgIpc) is 3.14. The minimum Gasteiger partial charge on any atom is -0.492 e. The van der Waals surface area contributed by atoms with Crippen molar-refractivity contribution >= 4 is 23.1 Å². The van der Waals surface area contributed by atoms with E-state index in [-0.39, 0.29) is 5.91 Å². The van der Waals surface area contributed by atoms with Gasteiger partial charge < -0.3 is 15.0 Å². The van der Waals surface area contributed by atoms with Crippen molar-refractivity contribution in [1.29, 1.82) is 0 Å². The lowest BCUT2D eigenvalue weighted by Gasteiger charge is -2.18. The van der Waals surface area contributed by atoms with E-state index in [1.807, 2.05) is 43.3 Å². The Labute approximate surface area is 157 Å². The van der Waals surface area contributed by atoms with Crippen molar-refractivity contribution in [2.24, 2.45) is 0 Å². The van der Waals surface area contributed by atoms with Crippen LogP contribution in [0, 0.1) is 0 Å². The molecule has 27 heavy (non-hydrogen) atoms. The average molecular weight is 360 g/mol. The van der Waals surface area contributed by atoms with Crippen LogP contribution in [0.15, 0.2) is 60.9 Å². The van der Waals surface area contributed by atoms with Gasteiger partial charge in [-0.25, -0.2) is 9.97 Å². The standard InChI is InChI=1S/C21H20N4O2/c1-2-27-19-10-6-4-8-16(19)24-21(26)17-13-20(23-14-22-17)25-12-11-15-7-3-5-9-18(15)25/h3-10,13-14H,2,11-12H2,1H3,(H,24,26). The van der Waals surface area contributed by atoms with Crippen molar-refractivity contribution in [1.82, 2.24) is 9.97 Å². The number of para-hydroxylation sites is 3. The molecule has 1 aliphatic heterocycles. The van der Waals surface area contributed by atoms with Gasteiger partial charge in [-0.05, 0) is 37.1 Å². The fourth-order valence-corrected chi connectivity index (χ4v) is 3.23. The summed E-state index contributed by atoms with van der Waals surface area (Å²) >= 11 is 0. The summed E-state index contributed by atoms with van der Waals surface area (Å²) in [5.41, 5.74) is 3.35. The topological polar surface area (TPSA) is 67.3 Å². The summed E-state index contributed by atoms with van der Waals surface area (Å²) < 4.78 is 5.56. The second-order valence-corrected chi connectivity index (χ2v) is 6.18. The van der Waals surface area contributed by atoms with E-state index in [1.165, 1.54) is 11.9 Å². The lowest BCUT2D eigenvalue weighted by molar-refractivity contribution is 0.102. The molecule has 0 unspecified atom stereocenters. The van der Waals surface area contributed by atoms with Gasteiger partial charge in [0.25, 0.3) is 5.91 Å². The molecule has 0 atom stereocenters. The van der Waals surface area contributed by atoms with Crippen LogP contribution in [0.4, 0.5) is 17.2 Å². The number of benzene rings is 2. The molecule has 1 aliphatic rings. The summed E-state index contributed by atoms with van der Waals surface area (Å²) in [5, 5.41) is 2.88. The molecular weight excluding hydrogens is 340 g/mol. The molecule has 0 saturated carbocycles. The third kappa shape index (κ3) is 3.46. The fraction of sp³-hybridized carbons (Fsp3) is 0.190. The highest BCUT2D eigenvalue weighted by molar-refractivity contribution is 6.04. The molecule has 0 aliphatic carbocycles. The van der Waals surface area contributed by atoms with E-state index in [1.54, 1.807) is 6.07 Å². The minimum atomic E-state index is -0.293. The number of aromatic nitrogens is 2. The third-order valence-corrected chi connectivity index (χ3v) is 4.48. The van der Waals surface area contributed by atoms with Gasteiger partial charge in [-0.2, -0.15) is 0 Å². The van der Waals surface area contributed by atoms with Crippen molar-refractivity contribution in [2.45, 2.75) is 13.3 Å². The van der Waals surface area contributed by atoms with Gasteiger partial charge >= 0.3 is 0 Å². The van der Waals surface area contributed by atoms with E-state index in [0.29, 0.717) is 23.7 Å². The molecule has 2 aromatic carbocycles. The number of nitrogens with zero attached hydrogens (tertiary/aromatic N) is 3. The van der Waals surface area contributed by atoms with Gasteiger partial charge in [-0.15, -0.1) is 0 Å². The highest BCUT2D eigenvalue weighted by atomic mass is 16.5. The van der Waals surface area contributed by atoms with Gasteiger partial charge in [-0.1, -0.05) is 30.3 Å². The van der Waals surface area contributed by atoms with E-state index in [4.69, 9.17) is 4.74 Å². The zero-order valence-corrected chi connectivity index (χ0v) is 15.1. The number of hydrogen-bond donors (Lipinski definition) is 1. The Balaban J connectivity index is 1.57. The minimum absolute atomic E-state index is 0.293. The Morgan fingerprint density at radius 2 is 1.96 bits per heavy atom. The van der Waals surface area contributed by atoms with Gasteiger partial charge in [0.2, 0.25) is 0 Å². The Bertz CT molecular complexity index is 974. The molecule has 6 heteroatoms. The SMILES string of the molecule is CCOc1ccccc1NC(=O)c1cc(N2CCc3ccccc32)ncn1. The third-order valence-electron chi connectivity index (χ3n) is 4.48. The second-order valence-electron chi connectivity index (χ2n) is 6.18. The number of fused-ring (bicyclic) bond motifs is 1. The first kappa shape index (κ1) is 17.0. The highest BCUT2D eigenvalue weighted by Crippen LogP contribution is 2.33. The van der Waals surface area contributed by atoms with Crippen LogP contribution in [-0.4, -0.2) is 29.0 Å². The Morgan fingerprint density at radius 1 is 1.15 bits per heavy atom. The van der Waals surface area contributed by atoms with Crippen molar-refractivity contribution in [2.75, 3.05) is 23.4 Å². The summed E-state index contributed by atoms with van der Waals surface area (Å²) in [6, 6.07) is 17.3. The van der Waals surface area contributed by atoms with Crippen molar-refractivity contribution in [3.63, 3.8) is 0 Å². The van der Waals surface area contributed by atoms with Gasteiger partial charge in [0.05, 0.1) is 12.3 Å². The van der Waals surface area contributed by atoms with E-state index in [2.05, 4.69) is 32.3 Å². The number of anilines is 3. The second kappa shape index (κ2) is 7.45. The summed E-state index contributed by atoms with van der Waals surface area (Å²) in [6.45, 7) is 3.27. The summed E-state index contributed by atoms with van der Waals surface area (Å²) in [6.07, 6.45) is 2.39. The quantitative estimate of drug-likeness (QED) is 0.749. The number of rotatable bonds is 5. The Morgan fingerprint density at radius 3 is 2.85 bits per heavy atom. The van der Waals surface area contributed by atoms with E-state index in [0.717, 1.165) is 24.5 Å². The van der Waals surface area contributed by atoms with Crippen LogP contribution in [-0.2, 0) is 6.42 Å². The summed E-state index contributed by atoms with van der Waals surface area (Å²) in [5.74, 6) is 1.06. The maximum Gasteiger partial charge on any atom is 0.274 e. The van der Waals surface area contributed by atoms with Gasteiger partial charge in [0.15, 0.2) is 0 Å². The maximum atomic E-state index is 12.7. The van der Waals surface area contributed by atoms with Crippen molar-refractivity contribution in [3.05, 3.63) is 72.2 Å². The fourth-order valence-electron chi connectivity index (χ4n) is 3.23.